The monoisotopic (exact) mass is 494 g/mol. The van der Waals surface area contributed by atoms with Crippen LogP contribution in [0.25, 0.3) is 11.2 Å². The van der Waals surface area contributed by atoms with Gasteiger partial charge in [-0.25, -0.2) is 9.18 Å². The van der Waals surface area contributed by atoms with Gasteiger partial charge in [0, 0.05) is 24.5 Å². The number of unbranched alkanes of at least 4 members (excludes halogenated alkanes) is 1. The second-order valence-electron chi connectivity index (χ2n) is 7.59. The Balaban J connectivity index is 1.48. The molecule has 0 saturated heterocycles. The number of H-pyrrole nitrogens is 1. The van der Waals surface area contributed by atoms with Crippen LogP contribution in [0, 0.1) is 5.82 Å². The zero-order chi connectivity index (χ0) is 23.5. The molecule has 0 aliphatic carbocycles. The first kappa shape index (κ1) is 23.2. The Kier molecular flexibility index (Phi) is 6.94. The normalized spacial score (nSPS) is 11.5. The maximum Gasteiger partial charge on any atom is 0.332 e. The number of hydrogen-bond donors (Lipinski definition) is 1. The van der Waals surface area contributed by atoms with Crippen molar-refractivity contribution < 1.29 is 8.91 Å². The van der Waals surface area contributed by atoms with Crippen LogP contribution in [0.5, 0.6) is 0 Å². The average molecular weight is 495 g/mol. The Morgan fingerprint density at radius 3 is 2.67 bits per heavy atom. The van der Waals surface area contributed by atoms with Crippen LogP contribution in [0.15, 0.2) is 32.3 Å². The minimum absolute atomic E-state index is 0.0603. The molecule has 3 aromatic heterocycles. The molecule has 4 aromatic rings. The number of rotatable bonds is 9. The molecule has 0 amide bonds. The van der Waals surface area contributed by atoms with E-state index in [9.17, 15) is 14.0 Å². The van der Waals surface area contributed by atoms with Crippen molar-refractivity contribution >= 4 is 34.4 Å². The van der Waals surface area contributed by atoms with Gasteiger partial charge in [-0.15, -0.1) is 0 Å². The second-order valence-corrected chi connectivity index (χ2v) is 8.36. The van der Waals surface area contributed by atoms with E-state index < -0.39 is 17.1 Å². The highest BCUT2D eigenvalue weighted by molar-refractivity contribution is 6.31. The number of nitrogens with zero attached hydrogens (tertiary/aromatic N) is 5. The maximum absolute atomic E-state index is 13.2. The van der Waals surface area contributed by atoms with Crippen molar-refractivity contribution in [2.45, 2.75) is 52.1 Å². The van der Waals surface area contributed by atoms with Crippen LogP contribution in [0.3, 0.4) is 0 Å². The lowest BCUT2D eigenvalue weighted by Crippen LogP contribution is -2.40. The van der Waals surface area contributed by atoms with Crippen LogP contribution in [-0.2, 0) is 25.9 Å². The number of benzene rings is 1. The summed E-state index contributed by atoms with van der Waals surface area (Å²) in [6.45, 7) is 2.62. The number of aryl methyl sites for hydroxylation is 2. The Labute approximate surface area is 197 Å². The van der Waals surface area contributed by atoms with Gasteiger partial charge in [0.2, 0.25) is 11.2 Å². The molecule has 1 aromatic carbocycles. The first-order chi connectivity index (χ1) is 15.9. The molecule has 4 rings (SSSR count). The number of imidazole rings is 1. The highest BCUT2D eigenvalue weighted by atomic mass is 35.5. The summed E-state index contributed by atoms with van der Waals surface area (Å²) in [4.78, 5) is 37.0. The van der Waals surface area contributed by atoms with Crippen LogP contribution in [0.1, 0.15) is 43.5 Å². The molecule has 12 heteroatoms. The highest BCUT2D eigenvalue weighted by Crippen LogP contribution is 2.20. The van der Waals surface area contributed by atoms with Crippen LogP contribution in [0.4, 0.5) is 4.39 Å². The van der Waals surface area contributed by atoms with Gasteiger partial charge in [0.05, 0.1) is 6.42 Å². The standard InChI is InChI=1S/C21H21Cl2FN6O3/c1-2-3-8-29-18-17(26-20(23)27-18)19(31)30(21(29)32)9-4-5-15-25-16(33-28-15)10-12-6-7-13(24)11-14(12)22/h6-7,11H,2-5,8-10H2,1H3,(H,26,27). The zero-order valence-corrected chi connectivity index (χ0v) is 19.3. The fourth-order valence-corrected chi connectivity index (χ4v) is 3.95. The van der Waals surface area contributed by atoms with Crippen molar-refractivity contribution in [1.29, 1.82) is 0 Å². The van der Waals surface area contributed by atoms with Crippen molar-refractivity contribution in [3.63, 3.8) is 0 Å². The van der Waals surface area contributed by atoms with Gasteiger partial charge < -0.3 is 9.51 Å². The van der Waals surface area contributed by atoms with Crippen molar-refractivity contribution in [3.05, 3.63) is 72.4 Å². The number of aromatic amines is 1. The number of aromatic nitrogens is 6. The molecule has 0 aliphatic heterocycles. The van der Waals surface area contributed by atoms with E-state index in [2.05, 4.69) is 20.1 Å². The molecule has 0 spiro atoms. The summed E-state index contributed by atoms with van der Waals surface area (Å²) in [5, 5.41) is 4.28. The molecule has 33 heavy (non-hydrogen) atoms. The number of fused-ring (bicyclic) bond motifs is 1. The highest BCUT2D eigenvalue weighted by Gasteiger charge is 2.17. The number of halogens is 3. The lowest BCUT2D eigenvalue weighted by molar-refractivity contribution is 0.378. The van der Waals surface area contributed by atoms with E-state index in [4.69, 9.17) is 27.7 Å². The summed E-state index contributed by atoms with van der Waals surface area (Å²) in [5.41, 5.74) is 0.237. The van der Waals surface area contributed by atoms with Crippen LogP contribution in [0.2, 0.25) is 10.3 Å². The van der Waals surface area contributed by atoms with Crippen molar-refractivity contribution in [2.75, 3.05) is 0 Å². The van der Waals surface area contributed by atoms with E-state index in [0.717, 1.165) is 12.8 Å². The van der Waals surface area contributed by atoms with Gasteiger partial charge in [-0.05, 0) is 42.1 Å². The predicted molar refractivity (Wildman–Crippen MR) is 121 cm³/mol. The van der Waals surface area contributed by atoms with Crippen LogP contribution >= 0.6 is 23.2 Å². The summed E-state index contributed by atoms with van der Waals surface area (Å²) in [7, 11) is 0. The van der Waals surface area contributed by atoms with Crippen molar-refractivity contribution in [2.24, 2.45) is 0 Å². The summed E-state index contributed by atoms with van der Waals surface area (Å²) in [5.74, 6) is 0.355. The van der Waals surface area contributed by atoms with Gasteiger partial charge in [0.1, 0.15) is 5.82 Å². The van der Waals surface area contributed by atoms with Gasteiger partial charge in [-0.2, -0.15) is 9.97 Å². The van der Waals surface area contributed by atoms with Crippen LogP contribution < -0.4 is 11.2 Å². The molecule has 1 N–H and O–H groups in total. The third-order valence-electron chi connectivity index (χ3n) is 5.22. The predicted octanol–water partition coefficient (Wildman–Crippen LogP) is 3.74. The Morgan fingerprint density at radius 1 is 1.12 bits per heavy atom. The van der Waals surface area contributed by atoms with E-state index in [-0.39, 0.29) is 34.4 Å². The fourth-order valence-electron chi connectivity index (χ4n) is 3.54. The minimum Gasteiger partial charge on any atom is -0.339 e. The molecule has 0 bridgehead atoms. The van der Waals surface area contributed by atoms with Gasteiger partial charge in [-0.1, -0.05) is 36.2 Å². The number of hydrogen-bond acceptors (Lipinski definition) is 6. The van der Waals surface area contributed by atoms with E-state index in [1.165, 1.54) is 21.3 Å². The smallest absolute Gasteiger partial charge is 0.332 e. The van der Waals surface area contributed by atoms with Gasteiger partial charge >= 0.3 is 5.69 Å². The Bertz CT molecular complexity index is 1410. The molecule has 0 atom stereocenters. The molecular weight excluding hydrogens is 474 g/mol. The first-order valence-electron chi connectivity index (χ1n) is 10.5. The molecule has 0 aliphatic rings. The van der Waals surface area contributed by atoms with Gasteiger partial charge in [0.25, 0.3) is 5.56 Å². The van der Waals surface area contributed by atoms with Gasteiger partial charge in [-0.3, -0.25) is 13.9 Å². The van der Waals surface area contributed by atoms with Gasteiger partial charge in [0.15, 0.2) is 17.0 Å². The molecule has 174 valence electrons. The second kappa shape index (κ2) is 9.88. The van der Waals surface area contributed by atoms with E-state index in [1.54, 1.807) is 6.07 Å². The third kappa shape index (κ3) is 5.01. The third-order valence-corrected chi connectivity index (χ3v) is 5.75. The summed E-state index contributed by atoms with van der Waals surface area (Å²) in [6, 6.07) is 4.10. The minimum atomic E-state index is -0.470. The fraction of sp³-hybridized carbons (Fsp3) is 0.381. The zero-order valence-electron chi connectivity index (χ0n) is 17.8. The summed E-state index contributed by atoms with van der Waals surface area (Å²) in [6.07, 6.45) is 2.75. The molecule has 0 unspecified atom stereocenters. The molecule has 0 fully saturated rings. The lowest BCUT2D eigenvalue weighted by Gasteiger charge is -2.10. The van der Waals surface area contributed by atoms with E-state index >= 15 is 0 Å². The molecule has 9 nitrogen and oxygen atoms in total. The van der Waals surface area contributed by atoms with E-state index in [1.807, 2.05) is 6.92 Å². The molecule has 3 heterocycles. The maximum atomic E-state index is 13.2. The topological polar surface area (TPSA) is 112 Å². The van der Waals surface area contributed by atoms with Crippen LogP contribution in [-0.4, -0.2) is 29.2 Å². The molecular formula is C21H21Cl2FN6O3. The number of nitrogens with one attached hydrogen (secondary N) is 1. The first-order valence-corrected chi connectivity index (χ1v) is 11.3. The molecule has 0 radical (unpaired) electrons. The average Bonchev–Trinajstić information content (AvgIpc) is 3.39. The summed E-state index contributed by atoms with van der Waals surface area (Å²) >= 11 is 12.0. The quantitative estimate of drug-likeness (QED) is 0.354. The molecule has 0 saturated carbocycles. The lowest BCUT2D eigenvalue weighted by atomic mass is 10.1. The van der Waals surface area contributed by atoms with E-state index in [0.29, 0.717) is 36.7 Å². The van der Waals surface area contributed by atoms with Crippen molar-refractivity contribution in [3.8, 4) is 0 Å². The van der Waals surface area contributed by atoms with Crippen molar-refractivity contribution in [1.82, 2.24) is 29.2 Å². The Hall–Kier alpha value is -2.98. The SMILES string of the molecule is CCCCn1c(=O)n(CCCc2noc(Cc3ccc(F)cc3Cl)n2)c(=O)c2[nH]c(Cl)nc21. The Morgan fingerprint density at radius 2 is 1.91 bits per heavy atom. The largest absolute Gasteiger partial charge is 0.339 e. The summed E-state index contributed by atoms with van der Waals surface area (Å²) < 4.78 is 21.1.